The Morgan fingerprint density at radius 2 is 1.88 bits per heavy atom. The number of urea groups is 1. The van der Waals surface area contributed by atoms with E-state index in [4.69, 9.17) is 9.47 Å². The van der Waals surface area contributed by atoms with Crippen LogP contribution in [-0.2, 0) is 14.3 Å². The zero-order chi connectivity index (χ0) is 18.6. The van der Waals surface area contributed by atoms with Gasteiger partial charge in [-0.1, -0.05) is 24.3 Å². The Morgan fingerprint density at radius 3 is 2.48 bits per heavy atom. The van der Waals surface area contributed by atoms with Crippen LogP contribution < -0.4 is 5.32 Å². The van der Waals surface area contributed by atoms with Gasteiger partial charge in [-0.25, -0.2) is 14.4 Å². The van der Waals surface area contributed by atoms with Crippen LogP contribution in [-0.4, -0.2) is 43.6 Å². The summed E-state index contributed by atoms with van der Waals surface area (Å²) in [5.74, 6) is -1.14. The van der Waals surface area contributed by atoms with Crippen LogP contribution in [0.1, 0.15) is 28.9 Å². The van der Waals surface area contributed by atoms with Crippen LogP contribution in [0.15, 0.2) is 48.2 Å². The van der Waals surface area contributed by atoms with Crippen molar-refractivity contribution in [3.8, 4) is 0 Å². The van der Waals surface area contributed by atoms with Gasteiger partial charge in [0.25, 0.3) is 0 Å². The molecule has 1 unspecified atom stereocenters. The summed E-state index contributed by atoms with van der Waals surface area (Å²) in [6, 6.07) is 5.42. The molecule has 0 aliphatic carbocycles. The topological polar surface area (TPSA) is 84.9 Å². The molecule has 1 aliphatic rings. The average molecular weight is 344 g/mol. The molecular weight excluding hydrogens is 324 g/mol. The highest BCUT2D eigenvalue weighted by Crippen LogP contribution is 2.33. The Balaban J connectivity index is 2.64. The monoisotopic (exact) mass is 344 g/mol. The van der Waals surface area contributed by atoms with Gasteiger partial charge in [0.2, 0.25) is 0 Å². The highest BCUT2D eigenvalue weighted by atomic mass is 16.5. The molecule has 0 aromatic heterocycles. The van der Waals surface area contributed by atoms with Gasteiger partial charge in [0, 0.05) is 12.2 Å². The SMILES string of the molecule is C=CCN1C(=O)NC(c2ccccc2C(=O)OC)C(C(=O)OC)=C1C. The molecule has 0 saturated heterocycles. The molecule has 7 nitrogen and oxygen atoms in total. The average Bonchev–Trinajstić information content (AvgIpc) is 2.63. The number of amides is 2. The third-order valence-corrected chi connectivity index (χ3v) is 3.99. The Labute approximate surface area is 145 Å². The van der Waals surface area contributed by atoms with E-state index in [1.165, 1.54) is 19.1 Å². The van der Waals surface area contributed by atoms with E-state index >= 15 is 0 Å². The lowest BCUT2D eigenvalue weighted by Crippen LogP contribution is -2.48. The smallest absolute Gasteiger partial charge is 0.338 e. The highest BCUT2D eigenvalue weighted by molar-refractivity contribution is 5.97. The van der Waals surface area contributed by atoms with Crippen molar-refractivity contribution in [2.45, 2.75) is 13.0 Å². The number of carbonyl (C=O) groups excluding carboxylic acids is 3. The van der Waals surface area contributed by atoms with Crippen LogP contribution in [0.2, 0.25) is 0 Å². The molecule has 1 heterocycles. The van der Waals surface area contributed by atoms with E-state index in [0.717, 1.165) is 0 Å². The number of nitrogens with zero attached hydrogens (tertiary/aromatic N) is 1. The quantitative estimate of drug-likeness (QED) is 0.654. The van der Waals surface area contributed by atoms with Crippen LogP contribution in [0.3, 0.4) is 0 Å². The van der Waals surface area contributed by atoms with Crippen molar-refractivity contribution < 1.29 is 23.9 Å². The summed E-state index contributed by atoms with van der Waals surface area (Å²) in [6.45, 7) is 5.51. The number of nitrogens with one attached hydrogen (secondary N) is 1. The van der Waals surface area contributed by atoms with Crippen molar-refractivity contribution in [1.29, 1.82) is 0 Å². The van der Waals surface area contributed by atoms with Gasteiger partial charge >= 0.3 is 18.0 Å². The van der Waals surface area contributed by atoms with Gasteiger partial charge in [-0.15, -0.1) is 6.58 Å². The van der Waals surface area contributed by atoms with Crippen LogP contribution in [0.25, 0.3) is 0 Å². The number of allylic oxidation sites excluding steroid dienone is 1. The minimum atomic E-state index is -0.823. The number of esters is 2. The molecule has 1 aromatic carbocycles. The molecule has 0 saturated carbocycles. The molecule has 0 bridgehead atoms. The first kappa shape index (κ1) is 18.3. The fourth-order valence-electron chi connectivity index (χ4n) is 2.78. The fraction of sp³-hybridized carbons (Fsp3) is 0.278. The van der Waals surface area contributed by atoms with E-state index in [1.807, 2.05) is 0 Å². The maximum absolute atomic E-state index is 12.5. The zero-order valence-electron chi connectivity index (χ0n) is 14.4. The second-order valence-corrected chi connectivity index (χ2v) is 5.35. The third-order valence-electron chi connectivity index (χ3n) is 3.99. The number of rotatable bonds is 5. The van der Waals surface area contributed by atoms with Crippen molar-refractivity contribution in [3.63, 3.8) is 0 Å². The number of ether oxygens (including phenoxy) is 2. The zero-order valence-corrected chi connectivity index (χ0v) is 14.4. The summed E-state index contributed by atoms with van der Waals surface area (Å²) in [7, 11) is 2.53. The van der Waals surface area contributed by atoms with E-state index in [0.29, 0.717) is 11.3 Å². The number of methoxy groups -OCH3 is 2. The van der Waals surface area contributed by atoms with E-state index < -0.39 is 24.0 Å². The molecule has 1 atom stereocenters. The first-order valence-corrected chi connectivity index (χ1v) is 7.61. The molecule has 1 N–H and O–H groups in total. The number of hydrogen-bond donors (Lipinski definition) is 1. The maximum Gasteiger partial charge on any atom is 0.338 e. The second-order valence-electron chi connectivity index (χ2n) is 5.35. The Hall–Kier alpha value is -3.09. The lowest BCUT2D eigenvalue weighted by molar-refractivity contribution is -0.136. The number of carbonyl (C=O) groups is 3. The molecule has 132 valence electrons. The summed E-state index contributed by atoms with van der Waals surface area (Å²) >= 11 is 0. The van der Waals surface area contributed by atoms with Crippen molar-refractivity contribution in [2.75, 3.05) is 20.8 Å². The Kier molecular flexibility index (Phi) is 5.59. The molecule has 1 aliphatic heterocycles. The fourth-order valence-corrected chi connectivity index (χ4v) is 2.78. The molecule has 2 amide bonds. The van der Waals surface area contributed by atoms with Gasteiger partial charge in [-0.3, -0.25) is 4.90 Å². The van der Waals surface area contributed by atoms with Crippen LogP contribution in [0, 0.1) is 0 Å². The summed E-state index contributed by atoms with van der Waals surface area (Å²) in [5, 5.41) is 2.76. The molecule has 0 spiro atoms. The summed E-state index contributed by atoms with van der Waals surface area (Å²) in [4.78, 5) is 38.3. The van der Waals surface area contributed by atoms with E-state index in [2.05, 4.69) is 11.9 Å². The molecule has 2 rings (SSSR count). The van der Waals surface area contributed by atoms with E-state index in [1.54, 1.807) is 37.3 Å². The van der Waals surface area contributed by atoms with Gasteiger partial charge in [-0.2, -0.15) is 0 Å². The standard InChI is InChI=1S/C18H20N2O5/c1-5-10-20-11(2)14(17(22)25-4)15(19-18(20)23)12-8-6-7-9-13(12)16(21)24-3/h5-9,15H,1,10H2,2-4H3,(H,19,23). The predicted molar refractivity (Wildman–Crippen MR) is 90.7 cm³/mol. The van der Waals surface area contributed by atoms with E-state index in [9.17, 15) is 14.4 Å². The number of hydrogen-bond acceptors (Lipinski definition) is 5. The lowest BCUT2D eigenvalue weighted by Gasteiger charge is -2.35. The molecule has 0 radical (unpaired) electrons. The van der Waals surface area contributed by atoms with Gasteiger partial charge in [-0.05, 0) is 18.6 Å². The van der Waals surface area contributed by atoms with Crippen molar-refractivity contribution in [1.82, 2.24) is 10.2 Å². The number of benzene rings is 1. The highest BCUT2D eigenvalue weighted by Gasteiger charge is 2.37. The maximum atomic E-state index is 12.5. The van der Waals surface area contributed by atoms with Crippen molar-refractivity contribution >= 4 is 18.0 Å². The van der Waals surface area contributed by atoms with Gasteiger partial charge < -0.3 is 14.8 Å². The molecule has 25 heavy (non-hydrogen) atoms. The summed E-state index contributed by atoms with van der Waals surface area (Å²) < 4.78 is 9.68. The van der Waals surface area contributed by atoms with Crippen molar-refractivity contribution in [3.05, 3.63) is 59.3 Å². The second kappa shape index (κ2) is 7.65. The molecule has 1 aromatic rings. The first-order chi connectivity index (χ1) is 12.0. The Bertz CT molecular complexity index is 754. The summed E-state index contributed by atoms with van der Waals surface area (Å²) in [5.41, 5.74) is 1.42. The third kappa shape index (κ3) is 3.40. The Morgan fingerprint density at radius 1 is 1.24 bits per heavy atom. The van der Waals surface area contributed by atoms with Gasteiger partial charge in [0.05, 0.1) is 31.4 Å². The largest absolute Gasteiger partial charge is 0.466 e. The van der Waals surface area contributed by atoms with Crippen LogP contribution >= 0.6 is 0 Å². The minimum absolute atomic E-state index is 0.240. The van der Waals surface area contributed by atoms with Gasteiger partial charge in [0.1, 0.15) is 0 Å². The predicted octanol–water partition coefficient (Wildman–Crippen LogP) is 2.17. The van der Waals surface area contributed by atoms with E-state index in [-0.39, 0.29) is 17.7 Å². The molecule has 0 fully saturated rings. The normalized spacial score (nSPS) is 17.0. The first-order valence-electron chi connectivity index (χ1n) is 7.61. The van der Waals surface area contributed by atoms with Crippen LogP contribution in [0.5, 0.6) is 0 Å². The minimum Gasteiger partial charge on any atom is -0.466 e. The summed E-state index contributed by atoms with van der Waals surface area (Å²) in [6.07, 6.45) is 1.56. The van der Waals surface area contributed by atoms with Crippen LogP contribution in [0.4, 0.5) is 4.79 Å². The molecular formula is C18H20N2O5. The van der Waals surface area contributed by atoms with Crippen molar-refractivity contribution in [2.24, 2.45) is 0 Å². The molecule has 7 heteroatoms. The lowest BCUT2D eigenvalue weighted by atomic mass is 9.91. The van der Waals surface area contributed by atoms with Gasteiger partial charge in [0.15, 0.2) is 0 Å².